The van der Waals surface area contributed by atoms with Gasteiger partial charge in [0.15, 0.2) is 0 Å². The molecule has 3 aromatic rings. The van der Waals surface area contributed by atoms with E-state index in [1.54, 1.807) is 83.1 Å². The molecular formula is C61H83N13O15S2. The number of carbonyl (C=O) groups excluding carboxylic acids is 13. The molecule has 12 atom stereocenters. The minimum absolute atomic E-state index is 0.0686. The van der Waals surface area contributed by atoms with Crippen LogP contribution in [0.1, 0.15) is 97.6 Å². The number of para-hydroxylation sites is 1. The highest BCUT2D eigenvalue weighted by atomic mass is 32.2. The lowest BCUT2D eigenvalue weighted by Gasteiger charge is -2.34. The first-order valence-corrected chi connectivity index (χ1v) is 32.1. The van der Waals surface area contributed by atoms with Crippen molar-refractivity contribution in [3.05, 3.63) is 59.7 Å². The number of thioether (sulfide) groups is 1. The molecule has 4 aliphatic heterocycles. The van der Waals surface area contributed by atoms with Crippen LogP contribution in [0.15, 0.2) is 53.6 Å². The Morgan fingerprint density at radius 2 is 1.46 bits per heavy atom. The van der Waals surface area contributed by atoms with E-state index in [0.717, 1.165) is 16.7 Å². The van der Waals surface area contributed by atoms with Gasteiger partial charge >= 0.3 is 0 Å². The molecule has 7 rings (SSSR count). The third kappa shape index (κ3) is 18.6. The van der Waals surface area contributed by atoms with Crippen molar-refractivity contribution >= 4 is 118 Å². The van der Waals surface area contributed by atoms with E-state index in [2.05, 4.69) is 70.8 Å². The van der Waals surface area contributed by atoms with Gasteiger partial charge in [-0.25, -0.2) is 0 Å². The second-order valence-corrected chi connectivity index (χ2v) is 25.6. The van der Waals surface area contributed by atoms with Gasteiger partial charge in [-0.1, -0.05) is 71.4 Å². The summed E-state index contributed by atoms with van der Waals surface area (Å²) in [5.74, 6) is -12.0. The Morgan fingerprint density at radius 1 is 0.769 bits per heavy atom. The summed E-state index contributed by atoms with van der Waals surface area (Å²) < 4.78 is 0. The summed E-state index contributed by atoms with van der Waals surface area (Å²) in [7, 11) is 0. The number of aromatic nitrogens is 1. The maximum atomic E-state index is 15.1. The Hall–Kier alpha value is -8.09. The molecule has 2 bridgehead atoms. The summed E-state index contributed by atoms with van der Waals surface area (Å²) in [5.41, 5.74) is 2.00. The van der Waals surface area contributed by atoms with Gasteiger partial charge in [-0.2, -0.15) is 12.6 Å². The highest BCUT2D eigenvalue weighted by molar-refractivity contribution is 7.99. The number of hydrogen-bond acceptors (Lipinski definition) is 17. The van der Waals surface area contributed by atoms with Gasteiger partial charge in [0.05, 0.1) is 42.5 Å². The molecule has 2 aromatic carbocycles. The summed E-state index contributed by atoms with van der Waals surface area (Å²) >= 11 is 5.17. The van der Waals surface area contributed by atoms with Crippen LogP contribution < -0.4 is 53.2 Å². The Kier molecular flexibility index (Phi) is 25.0. The molecule has 30 heteroatoms. The van der Waals surface area contributed by atoms with Gasteiger partial charge in [-0.05, 0) is 73.3 Å². The first-order valence-electron chi connectivity index (χ1n) is 30.6. The molecule has 0 spiro atoms. The SMILES string of the molecule is CC[C@H](C)[C@@H]1NC(=O)CNC(=O)[C@H]2Cc3c([nH]c4ccccc34)SC[C@@H](NC(=O)CNC1=O)C(=O)N[C@@H](CC(=O)NCc1ccc(NC(=O)[C@H](C)NC(=O)[C@@H](NC(=O)CCN3C(=O)CC(S)C3=O)C(C)C)cc1)C(=O)N1CCCC1C[C@@H]([C@@H](C)[C@@H](O)CO)C(=O)N2. The fourth-order valence-corrected chi connectivity index (χ4v) is 12.7. The average molecular weight is 1300 g/mol. The van der Waals surface area contributed by atoms with Crippen LogP contribution in [-0.2, 0) is 75.3 Å². The van der Waals surface area contributed by atoms with Crippen LogP contribution >= 0.6 is 24.4 Å². The first-order chi connectivity index (χ1) is 43.3. The minimum Gasteiger partial charge on any atom is -0.394 e. The van der Waals surface area contributed by atoms with E-state index in [9.17, 15) is 67.7 Å². The lowest BCUT2D eigenvalue weighted by molar-refractivity contribution is -0.141. The number of rotatable bonds is 18. The minimum atomic E-state index is -1.58. The molecule has 0 aliphatic carbocycles. The summed E-state index contributed by atoms with van der Waals surface area (Å²) in [4.78, 5) is 184. The Balaban J connectivity index is 1.11. The van der Waals surface area contributed by atoms with Crippen molar-refractivity contribution in [1.82, 2.24) is 62.6 Å². The van der Waals surface area contributed by atoms with Crippen LogP contribution in [0.5, 0.6) is 0 Å². The molecule has 5 heterocycles. The summed E-state index contributed by atoms with van der Waals surface area (Å²) in [6.45, 7) is 7.77. The zero-order valence-corrected chi connectivity index (χ0v) is 53.4. The van der Waals surface area contributed by atoms with Gasteiger partial charge in [-0.15, -0.1) is 11.8 Å². The van der Waals surface area contributed by atoms with E-state index in [1.807, 2.05) is 0 Å². The number of thiol groups is 1. The second kappa shape index (κ2) is 32.3. The predicted octanol–water partition coefficient (Wildman–Crippen LogP) is -1.23. The topological polar surface area (TPSA) is 405 Å². The van der Waals surface area contributed by atoms with E-state index < -0.39 is 180 Å². The van der Waals surface area contributed by atoms with Crippen LogP contribution in [-0.4, -0.2) is 194 Å². The summed E-state index contributed by atoms with van der Waals surface area (Å²) in [6, 6.07) is 4.97. The Labute approximate surface area is 535 Å². The van der Waals surface area contributed by atoms with Crippen molar-refractivity contribution in [2.45, 2.75) is 158 Å². The number of benzene rings is 2. The molecule has 494 valence electrons. The average Bonchev–Trinajstić information content (AvgIpc) is 2.16. The molecule has 2 fully saturated rings. The number of aromatic amines is 1. The fraction of sp³-hybridized carbons (Fsp3) is 0.557. The Bertz CT molecular complexity index is 3240. The summed E-state index contributed by atoms with van der Waals surface area (Å²) in [5, 5.41) is 48.4. The van der Waals surface area contributed by atoms with Gasteiger partial charge < -0.3 is 73.3 Å². The summed E-state index contributed by atoms with van der Waals surface area (Å²) in [6.07, 6.45) is -1.45. The molecule has 13 N–H and O–H groups in total. The number of aliphatic hydroxyl groups excluding tert-OH is 2. The maximum Gasteiger partial charge on any atom is 0.246 e. The van der Waals surface area contributed by atoms with Gasteiger partial charge in [0.25, 0.3) is 0 Å². The van der Waals surface area contributed by atoms with Crippen LogP contribution in [0.25, 0.3) is 10.9 Å². The number of nitrogens with zero attached hydrogens (tertiary/aromatic N) is 2. The first kappa shape index (κ1) is 70.4. The molecule has 28 nitrogen and oxygen atoms in total. The predicted molar refractivity (Wildman–Crippen MR) is 336 cm³/mol. The lowest BCUT2D eigenvalue weighted by atomic mass is 9.82. The number of amides is 13. The zero-order chi connectivity index (χ0) is 66.4. The molecule has 91 heavy (non-hydrogen) atoms. The van der Waals surface area contributed by atoms with Crippen LogP contribution in [0, 0.1) is 23.7 Å². The molecule has 2 unspecified atom stereocenters. The quantitative estimate of drug-likeness (QED) is 0.0524. The zero-order valence-electron chi connectivity index (χ0n) is 51.7. The van der Waals surface area contributed by atoms with Crippen molar-refractivity contribution < 1.29 is 72.5 Å². The van der Waals surface area contributed by atoms with E-state index in [4.69, 9.17) is 0 Å². The van der Waals surface area contributed by atoms with E-state index in [0.29, 0.717) is 52.0 Å². The van der Waals surface area contributed by atoms with Crippen LogP contribution in [0.4, 0.5) is 5.69 Å². The maximum absolute atomic E-state index is 15.1. The third-order valence-electron chi connectivity index (χ3n) is 17.0. The van der Waals surface area contributed by atoms with E-state index in [-0.39, 0.29) is 51.1 Å². The largest absolute Gasteiger partial charge is 0.394 e. The third-order valence-corrected chi connectivity index (χ3v) is 18.5. The number of aliphatic hydroxyl groups is 2. The molecule has 2 saturated heterocycles. The van der Waals surface area contributed by atoms with Gasteiger partial charge in [0, 0.05) is 73.2 Å². The van der Waals surface area contributed by atoms with Crippen molar-refractivity contribution in [2.75, 3.05) is 43.9 Å². The van der Waals surface area contributed by atoms with Crippen molar-refractivity contribution in [3.63, 3.8) is 0 Å². The molecule has 1 aromatic heterocycles. The van der Waals surface area contributed by atoms with Gasteiger partial charge in [0.1, 0.15) is 36.3 Å². The van der Waals surface area contributed by atoms with E-state index >= 15 is 4.79 Å². The smallest absolute Gasteiger partial charge is 0.246 e. The number of fused-ring (bicyclic) bond motifs is 5. The van der Waals surface area contributed by atoms with Crippen LogP contribution in [0.3, 0.4) is 0 Å². The standard InChI is InChI=1S/C61H83N13O15S2/c1-7-31(4)52-57(86)64-26-48(79)67-43-29-91-59-39(37-12-8-9-13-40(37)70-59)22-41(55(84)63-27-49(80)72-52)68-54(83)38(32(5)44(76)28-75)21-36-11-10-19-73(36)60(88)42(69-56(43)85)23-47(78)62-25-34-14-16-35(17-15-34)66-53(82)33(6)65-58(87)51(30(2)3)71-46(77)18-20-74-50(81)24-45(90)61(74)89/h8-9,12-17,30-33,36,38,41-45,51-52,70,75-76,90H,7,10-11,18-29H2,1-6H3,(H,62,78)(H,63,84)(H,64,86)(H,65,87)(H,66,82)(H,67,79)(H,68,83)(H,69,85)(H,71,77)(H,72,80)/t31-,32+,33-,36?,38-,41+,42-,43+,44-,45?,51-,52-/m0/s1. The number of carbonyl (C=O) groups is 13. The number of hydrogen-bond donors (Lipinski definition) is 14. The highest BCUT2D eigenvalue weighted by Crippen LogP contribution is 2.34. The fourth-order valence-electron chi connectivity index (χ4n) is 11.3. The second-order valence-electron chi connectivity index (χ2n) is 23.9. The number of likely N-dealkylation sites (tertiary alicyclic amines) is 1. The monoisotopic (exact) mass is 1300 g/mol. The molecule has 0 saturated carbocycles. The Morgan fingerprint density at radius 3 is 2.13 bits per heavy atom. The molecule has 13 amide bonds. The van der Waals surface area contributed by atoms with Gasteiger partial charge in [0.2, 0.25) is 76.8 Å². The number of anilines is 1. The van der Waals surface area contributed by atoms with E-state index in [1.165, 1.54) is 11.8 Å². The van der Waals surface area contributed by atoms with Crippen molar-refractivity contribution in [2.24, 2.45) is 23.7 Å². The normalized spacial score (nSPS) is 24.1. The number of H-pyrrole nitrogens is 1. The molecule has 0 radical (unpaired) electrons. The van der Waals surface area contributed by atoms with Crippen molar-refractivity contribution in [1.29, 1.82) is 0 Å². The lowest BCUT2D eigenvalue weighted by Crippen LogP contribution is -2.58. The number of nitrogens with one attached hydrogen (secondary N) is 11. The molecule has 4 aliphatic rings. The van der Waals surface area contributed by atoms with Gasteiger partial charge in [-0.3, -0.25) is 67.2 Å². The van der Waals surface area contributed by atoms with Crippen molar-refractivity contribution in [3.8, 4) is 0 Å². The number of imide groups is 1. The molecular weight excluding hydrogens is 1220 g/mol. The van der Waals surface area contributed by atoms with Crippen LogP contribution in [0.2, 0.25) is 0 Å². The highest BCUT2D eigenvalue weighted by Gasteiger charge is 2.43.